The average Bonchev–Trinajstić information content (AvgIpc) is 2.90. The molecule has 0 saturated heterocycles. The van der Waals surface area contributed by atoms with Crippen molar-refractivity contribution in [1.82, 2.24) is 0 Å². The van der Waals surface area contributed by atoms with Crippen LogP contribution in [0.4, 0.5) is 0 Å². The Labute approximate surface area is 159 Å². The number of ether oxygens (including phenoxy) is 2. The van der Waals surface area contributed by atoms with Crippen molar-refractivity contribution >= 4 is 11.3 Å². The topological polar surface area (TPSA) is 18.5 Å². The van der Waals surface area contributed by atoms with E-state index in [-0.39, 0.29) is 16.4 Å². The molecule has 25 heavy (non-hydrogen) atoms. The third-order valence-corrected chi connectivity index (χ3v) is 8.78. The van der Waals surface area contributed by atoms with Gasteiger partial charge < -0.3 is 9.47 Å². The molecule has 1 aliphatic heterocycles. The molecule has 0 N–H and O–H groups in total. The highest BCUT2D eigenvalue weighted by Gasteiger charge is 2.41. The van der Waals surface area contributed by atoms with E-state index in [1.54, 1.807) is 0 Å². The standard InChI is InChI=1S/C22H38O2S/c1-9-20(6,10-2)18-16-17(19(25-18)21(7,11-3)12-4)24-22(8,13-5)14-15-23-16/h9-15H2,1-8H3. The lowest BCUT2D eigenvalue weighted by Gasteiger charge is -2.31. The average molecular weight is 367 g/mol. The molecule has 0 amide bonds. The summed E-state index contributed by atoms with van der Waals surface area (Å²) in [7, 11) is 0. The van der Waals surface area contributed by atoms with Gasteiger partial charge in [0.1, 0.15) is 5.60 Å². The fourth-order valence-electron chi connectivity index (χ4n) is 3.48. The molecule has 1 aromatic heterocycles. The molecule has 1 aliphatic rings. The summed E-state index contributed by atoms with van der Waals surface area (Å²) < 4.78 is 13.1. The van der Waals surface area contributed by atoms with Gasteiger partial charge in [-0.25, -0.2) is 0 Å². The van der Waals surface area contributed by atoms with Gasteiger partial charge in [-0.2, -0.15) is 0 Å². The number of hydrogen-bond acceptors (Lipinski definition) is 3. The molecule has 1 unspecified atom stereocenters. The Morgan fingerprint density at radius 3 is 1.80 bits per heavy atom. The summed E-state index contributed by atoms with van der Waals surface area (Å²) in [6, 6.07) is 0. The molecule has 0 spiro atoms. The van der Waals surface area contributed by atoms with Crippen LogP contribution in [0.1, 0.15) is 104 Å². The highest BCUT2D eigenvalue weighted by molar-refractivity contribution is 7.13. The van der Waals surface area contributed by atoms with E-state index in [0.29, 0.717) is 0 Å². The van der Waals surface area contributed by atoms with Gasteiger partial charge in [-0.15, -0.1) is 11.3 Å². The van der Waals surface area contributed by atoms with Crippen molar-refractivity contribution in [1.29, 1.82) is 0 Å². The number of rotatable bonds is 7. The molecule has 0 saturated carbocycles. The smallest absolute Gasteiger partial charge is 0.176 e. The van der Waals surface area contributed by atoms with Crippen LogP contribution in [0.2, 0.25) is 0 Å². The Morgan fingerprint density at radius 1 is 0.880 bits per heavy atom. The molecule has 2 nitrogen and oxygen atoms in total. The maximum absolute atomic E-state index is 6.72. The second-order valence-corrected chi connectivity index (χ2v) is 9.48. The summed E-state index contributed by atoms with van der Waals surface area (Å²) >= 11 is 1.96. The molecule has 1 aromatic rings. The third kappa shape index (κ3) is 3.59. The molecule has 0 fully saturated rings. The van der Waals surface area contributed by atoms with Crippen molar-refractivity contribution in [3.05, 3.63) is 9.75 Å². The Balaban J connectivity index is 2.71. The fourth-order valence-corrected chi connectivity index (χ4v) is 5.22. The first-order chi connectivity index (χ1) is 11.7. The van der Waals surface area contributed by atoms with Crippen LogP contribution in [0.3, 0.4) is 0 Å². The molecule has 0 aliphatic carbocycles. The normalized spacial score (nSPS) is 21.3. The van der Waals surface area contributed by atoms with E-state index >= 15 is 0 Å². The van der Waals surface area contributed by atoms with Crippen LogP contribution in [-0.2, 0) is 10.8 Å². The number of thiophene rings is 1. The van der Waals surface area contributed by atoms with Gasteiger partial charge in [-0.1, -0.05) is 48.5 Å². The van der Waals surface area contributed by atoms with Crippen molar-refractivity contribution in [3.63, 3.8) is 0 Å². The van der Waals surface area contributed by atoms with Gasteiger partial charge in [-0.05, 0) is 39.0 Å². The lowest BCUT2D eigenvalue weighted by Crippen LogP contribution is -2.32. The van der Waals surface area contributed by atoms with E-state index in [1.165, 1.54) is 9.75 Å². The first kappa shape index (κ1) is 20.6. The molecule has 3 heteroatoms. The van der Waals surface area contributed by atoms with Crippen molar-refractivity contribution in [2.45, 2.75) is 110 Å². The van der Waals surface area contributed by atoms with Crippen LogP contribution >= 0.6 is 11.3 Å². The van der Waals surface area contributed by atoms with E-state index in [1.807, 2.05) is 11.3 Å². The van der Waals surface area contributed by atoms with E-state index < -0.39 is 0 Å². The minimum absolute atomic E-state index is 0.129. The summed E-state index contributed by atoms with van der Waals surface area (Å²) in [5, 5.41) is 0. The third-order valence-electron chi connectivity index (χ3n) is 7.01. The van der Waals surface area contributed by atoms with Gasteiger partial charge in [-0.3, -0.25) is 0 Å². The molecule has 2 rings (SSSR count). The maximum Gasteiger partial charge on any atom is 0.176 e. The number of hydrogen-bond donors (Lipinski definition) is 0. The molecule has 2 heterocycles. The van der Waals surface area contributed by atoms with E-state index in [2.05, 4.69) is 55.4 Å². The van der Waals surface area contributed by atoms with Crippen LogP contribution < -0.4 is 9.47 Å². The van der Waals surface area contributed by atoms with Crippen LogP contribution in [-0.4, -0.2) is 12.2 Å². The Morgan fingerprint density at radius 2 is 1.36 bits per heavy atom. The van der Waals surface area contributed by atoms with Crippen molar-refractivity contribution in [2.24, 2.45) is 0 Å². The van der Waals surface area contributed by atoms with Crippen molar-refractivity contribution in [3.8, 4) is 11.5 Å². The second kappa shape index (κ2) is 7.50. The molecule has 0 aromatic carbocycles. The largest absolute Gasteiger partial charge is 0.488 e. The lowest BCUT2D eigenvalue weighted by molar-refractivity contribution is 0.0748. The zero-order valence-electron chi connectivity index (χ0n) is 17.7. The minimum Gasteiger partial charge on any atom is -0.488 e. The van der Waals surface area contributed by atoms with E-state index in [9.17, 15) is 0 Å². The fraction of sp³-hybridized carbons (Fsp3) is 0.818. The highest BCUT2D eigenvalue weighted by atomic mass is 32.1. The SMILES string of the molecule is CCC1(C)CCOc2c(C(C)(CC)CC)sc(C(C)(CC)CC)c2O1. The lowest BCUT2D eigenvalue weighted by atomic mass is 9.81. The van der Waals surface area contributed by atoms with Gasteiger partial charge in [0.25, 0.3) is 0 Å². The van der Waals surface area contributed by atoms with Gasteiger partial charge in [0.15, 0.2) is 11.5 Å². The van der Waals surface area contributed by atoms with Crippen LogP contribution in [0.25, 0.3) is 0 Å². The first-order valence-electron chi connectivity index (χ1n) is 10.2. The van der Waals surface area contributed by atoms with Crippen LogP contribution in [0.15, 0.2) is 0 Å². The van der Waals surface area contributed by atoms with Crippen LogP contribution in [0.5, 0.6) is 11.5 Å². The van der Waals surface area contributed by atoms with Crippen LogP contribution in [0, 0.1) is 0 Å². The van der Waals surface area contributed by atoms with Crippen molar-refractivity contribution < 1.29 is 9.47 Å². The molecule has 0 radical (unpaired) electrons. The summed E-state index contributed by atoms with van der Waals surface area (Å²) in [5.74, 6) is 2.11. The zero-order valence-corrected chi connectivity index (χ0v) is 18.5. The number of fused-ring (bicyclic) bond motifs is 1. The second-order valence-electron chi connectivity index (χ2n) is 8.46. The summed E-state index contributed by atoms with van der Waals surface area (Å²) in [6.45, 7) is 19.2. The van der Waals surface area contributed by atoms with Gasteiger partial charge in [0, 0.05) is 17.3 Å². The molecular formula is C22H38O2S. The van der Waals surface area contributed by atoms with Gasteiger partial charge in [0.05, 0.1) is 16.4 Å². The minimum atomic E-state index is -0.129. The molecule has 0 bridgehead atoms. The quantitative estimate of drug-likeness (QED) is 0.506. The Bertz CT molecular complexity index is 581. The van der Waals surface area contributed by atoms with Gasteiger partial charge >= 0.3 is 0 Å². The monoisotopic (exact) mass is 366 g/mol. The van der Waals surface area contributed by atoms with E-state index in [0.717, 1.165) is 56.6 Å². The predicted octanol–water partition coefficient (Wildman–Crippen LogP) is 7.23. The Hall–Kier alpha value is -0.700. The summed E-state index contributed by atoms with van der Waals surface area (Å²) in [6.07, 6.45) is 6.45. The molecule has 144 valence electrons. The molecular weight excluding hydrogens is 328 g/mol. The van der Waals surface area contributed by atoms with E-state index in [4.69, 9.17) is 9.47 Å². The maximum atomic E-state index is 6.72. The zero-order chi connectivity index (χ0) is 18.9. The highest BCUT2D eigenvalue weighted by Crippen LogP contribution is 2.56. The predicted molar refractivity (Wildman–Crippen MR) is 110 cm³/mol. The molecule has 1 atom stereocenters. The first-order valence-corrected chi connectivity index (χ1v) is 11.0. The van der Waals surface area contributed by atoms with Crippen molar-refractivity contribution in [2.75, 3.05) is 6.61 Å². The summed E-state index contributed by atoms with van der Waals surface area (Å²) in [5.41, 5.74) is 0.180. The van der Waals surface area contributed by atoms with Gasteiger partial charge in [0.2, 0.25) is 0 Å². The summed E-state index contributed by atoms with van der Waals surface area (Å²) in [4.78, 5) is 2.80. The Kier molecular flexibility index (Phi) is 6.18.